The number of carbonyl (C=O) groups is 1. The second kappa shape index (κ2) is 3.91. The summed E-state index contributed by atoms with van der Waals surface area (Å²) in [6.07, 6.45) is 2.46. The van der Waals surface area contributed by atoms with E-state index in [1.54, 1.807) is 6.92 Å². The molecule has 0 saturated heterocycles. The third kappa shape index (κ3) is 2.99. The molecule has 1 radical (unpaired) electrons. The van der Waals surface area contributed by atoms with Crippen molar-refractivity contribution in [3.8, 4) is 0 Å². The van der Waals surface area contributed by atoms with E-state index in [0.717, 1.165) is 5.56 Å². The Balaban J connectivity index is 2.45. The number of rotatable bonds is 3. The lowest BCUT2D eigenvalue weighted by molar-refractivity contribution is -0.116. The minimum atomic E-state index is 0.203. The van der Waals surface area contributed by atoms with Crippen molar-refractivity contribution < 1.29 is 4.79 Å². The van der Waals surface area contributed by atoms with Crippen LogP contribution in [0.4, 0.5) is 0 Å². The minimum absolute atomic E-state index is 0.203. The third-order valence-corrected chi connectivity index (χ3v) is 1.42. The molecule has 0 bridgehead atoms. The maximum Gasteiger partial charge on any atom is 0.130 e. The SMILES string of the molecule is CC(=O)C[CH]c1ccccc1. The van der Waals surface area contributed by atoms with Gasteiger partial charge < -0.3 is 4.79 Å². The average Bonchev–Trinajstić information content (AvgIpc) is 2.03. The molecule has 0 aliphatic carbocycles. The molecule has 0 spiro atoms. The Morgan fingerprint density at radius 1 is 1.36 bits per heavy atom. The van der Waals surface area contributed by atoms with E-state index in [1.807, 2.05) is 36.8 Å². The summed E-state index contributed by atoms with van der Waals surface area (Å²) in [4.78, 5) is 10.6. The Labute approximate surface area is 67.1 Å². The summed E-state index contributed by atoms with van der Waals surface area (Å²) in [7, 11) is 0. The highest BCUT2D eigenvalue weighted by molar-refractivity contribution is 5.77. The first-order valence-electron chi connectivity index (χ1n) is 3.67. The quantitative estimate of drug-likeness (QED) is 0.640. The van der Waals surface area contributed by atoms with Crippen molar-refractivity contribution in [1.29, 1.82) is 0 Å². The van der Waals surface area contributed by atoms with Crippen LogP contribution in [-0.4, -0.2) is 5.78 Å². The number of carbonyl (C=O) groups excluding carboxylic acids is 1. The maximum absolute atomic E-state index is 10.6. The van der Waals surface area contributed by atoms with Crippen molar-refractivity contribution in [3.63, 3.8) is 0 Å². The molecule has 0 atom stereocenters. The molecule has 0 aliphatic heterocycles. The molecule has 1 heteroatoms. The van der Waals surface area contributed by atoms with E-state index in [1.165, 1.54) is 0 Å². The number of hydrogen-bond acceptors (Lipinski definition) is 1. The first-order chi connectivity index (χ1) is 5.29. The number of Topliss-reactive ketones (excluding diaryl/α,β-unsaturated/α-hetero) is 1. The Bertz CT molecular complexity index is 226. The summed E-state index contributed by atoms with van der Waals surface area (Å²) in [5.74, 6) is 0.203. The van der Waals surface area contributed by atoms with Crippen molar-refractivity contribution in [2.24, 2.45) is 0 Å². The molecule has 1 aromatic rings. The Morgan fingerprint density at radius 3 is 2.55 bits per heavy atom. The van der Waals surface area contributed by atoms with Gasteiger partial charge in [0.1, 0.15) is 5.78 Å². The summed E-state index contributed by atoms with van der Waals surface area (Å²) >= 11 is 0. The first-order valence-corrected chi connectivity index (χ1v) is 3.67. The lowest BCUT2D eigenvalue weighted by Gasteiger charge is -1.95. The Hall–Kier alpha value is -1.11. The summed E-state index contributed by atoms with van der Waals surface area (Å²) in [5.41, 5.74) is 1.11. The topological polar surface area (TPSA) is 17.1 Å². The minimum Gasteiger partial charge on any atom is -0.300 e. The van der Waals surface area contributed by atoms with E-state index in [0.29, 0.717) is 6.42 Å². The van der Waals surface area contributed by atoms with E-state index in [2.05, 4.69) is 0 Å². The lowest BCUT2D eigenvalue weighted by atomic mass is 10.1. The van der Waals surface area contributed by atoms with Gasteiger partial charge in [0.15, 0.2) is 0 Å². The van der Waals surface area contributed by atoms with Gasteiger partial charge >= 0.3 is 0 Å². The predicted octanol–water partition coefficient (Wildman–Crippen LogP) is 2.22. The van der Waals surface area contributed by atoms with Crippen LogP contribution in [0.15, 0.2) is 30.3 Å². The molecule has 1 aromatic carbocycles. The fraction of sp³-hybridized carbons (Fsp3) is 0.200. The van der Waals surface area contributed by atoms with Gasteiger partial charge in [-0.25, -0.2) is 0 Å². The van der Waals surface area contributed by atoms with Crippen molar-refractivity contribution in [2.75, 3.05) is 0 Å². The number of benzene rings is 1. The molecule has 0 aromatic heterocycles. The molecule has 11 heavy (non-hydrogen) atoms. The van der Waals surface area contributed by atoms with Crippen LogP contribution in [-0.2, 0) is 4.79 Å². The normalized spacial score (nSPS) is 9.55. The fourth-order valence-corrected chi connectivity index (χ4v) is 0.851. The van der Waals surface area contributed by atoms with Crippen LogP contribution >= 0.6 is 0 Å². The van der Waals surface area contributed by atoms with Crippen LogP contribution in [0.1, 0.15) is 18.9 Å². The van der Waals surface area contributed by atoms with Gasteiger partial charge in [-0.15, -0.1) is 0 Å². The standard InChI is InChI=1S/C10H11O/c1-9(11)7-8-10-5-3-2-4-6-10/h2-6,8H,7H2,1H3. The molecular weight excluding hydrogens is 136 g/mol. The first kappa shape index (κ1) is 7.99. The largest absolute Gasteiger partial charge is 0.300 e. The van der Waals surface area contributed by atoms with Crippen LogP contribution in [0.25, 0.3) is 0 Å². The predicted molar refractivity (Wildman–Crippen MR) is 45.1 cm³/mol. The van der Waals surface area contributed by atoms with E-state index in [9.17, 15) is 4.79 Å². The van der Waals surface area contributed by atoms with Gasteiger partial charge in [-0.1, -0.05) is 30.3 Å². The van der Waals surface area contributed by atoms with Crippen molar-refractivity contribution in [1.82, 2.24) is 0 Å². The van der Waals surface area contributed by atoms with Gasteiger partial charge in [0, 0.05) is 6.42 Å². The number of hydrogen-bond donors (Lipinski definition) is 0. The molecular formula is C10H11O. The second-order valence-corrected chi connectivity index (χ2v) is 2.52. The molecule has 1 rings (SSSR count). The number of ketones is 1. The molecule has 1 nitrogen and oxygen atoms in total. The average molecular weight is 147 g/mol. The van der Waals surface area contributed by atoms with Crippen molar-refractivity contribution in [2.45, 2.75) is 13.3 Å². The fourth-order valence-electron chi connectivity index (χ4n) is 0.851. The lowest BCUT2D eigenvalue weighted by Crippen LogP contribution is -1.90. The van der Waals surface area contributed by atoms with Crippen LogP contribution in [0.5, 0.6) is 0 Å². The van der Waals surface area contributed by atoms with Crippen molar-refractivity contribution >= 4 is 5.78 Å². The van der Waals surface area contributed by atoms with Gasteiger partial charge in [-0.3, -0.25) is 0 Å². The van der Waals surface area contributed by atoms with Gasteiger partial charge in [-0.05, 0) is 18.9 Å². The highest BCUT2D eigenvalue weighted by Crippen LogP contribution is 2.04. The summed E-state index contributed by atoms with van der Waals surface area (Å²) in [5, 5.41) is 0. The highest BCUT2D eigenvalue weighted by atomic mass is 16.1. The van der Waals surface area contributed by atoms with Gasteiger partial charge in [0.2, 0.25) is 0 Å². The molecule has 0 aliphatic rings. The third-order valence-electron chi connectivity index (χ3n) is 1.42. The zero-order valence-corrected chi connectivity index (χ0v) is 6.58. The van der Waals surface area contributed by atoms with E-state index >= 15 is 0 Å². The molecule has 0 fully saturated rings. The van der Waals surface area contributed by atoms with E-state index in [-0.39, 0.29) is 5.78 Å². The monoisotopic (exact) mass is 147 g/mol. The smallest absolute Gasteiger partial charge is 0.130 e. The zero-order chi connectivity index (χ0) is 8.10. The van der Waals surface area contributed by atoms with Crippen LogP contribution in [0.3, 0.4) is 0 Å². The van der Waals surface area contributed by atoms with Crippen molar-refractivity contribution in [3.05, 3.63) is 42.3 Å². The zero-order valence-electron chi connectivity index (χ0n) is 6.58. The molecule has 0 N–H and O–H groups in total. The maximum atomic E-state index is 10.6. The molecule has 0 heterocycles. The summed E-state index contributed by atoms with van der Waals surface area (Å²) in [6.45, 7) is 1.60. The van der Waals surface area contributed by atoms with Gasteiger partial charge in [0.05, 0.1) is 0 Å². The Morgan fingerprint density at radius 2 is 2.00 bits per heavy atom. The summed E-state index contributed by atoms with van der Waals surface area (Å²) in [6, 6.07) is 9.87. The van der Waals surface area contributed by atoms with Crippen LogP contribution in [0, 0.1) is 6.42 Å². The summed E-state index contributed by atoms with van der Waals surface area (Å²) < 4.78 is 0. The highest BCUT2D eigenvalue weighted by Gasteiger charge is 1.94. The molecule has 0 unspecified atom stereocenters. The Kier molecular flexibility index (Phi) is 2.84. The van der Waals surface area contributed by atoms with E-state index in [4.69, 9.17) is 0 Å². The molecule has 0 amide bonds. The van der Waals surface area contributed by atoms with E-state index < -0.39 is 0 Å². The van der Waals surface area contributed by atoms with Gasteiger partial charge in [-0.2, -0.15) is 0 Å². The molecule has 0 saturated carbocycles. The van der Waals surface area contributed by atoms with Crippen LogP contribution < -0.4 is 0 Å². The second-order valence-electron chi connectivity index (χ2n) is 2.52. The van der Waals surface area contributed by atoms with Gasteiger partial charge in [0.25, 0.3) is 0 Å². The van der Waals surface area contributed by atoms with Crippen LogP contribution in [0.2, 0.25) is 0 Å². The molecule has 57 valence electrons.